The van der Waals surface area contributed by atoms with Gasteiger partial charge in [0.1, 0.15) is 24.7 Å². The normalized spacial score (nSPS) is 11.1. The maximum atomic E-state index is 13.1. The molecule has 1 N–H and O–H groups in total. The van der Waals surface area contributed by atoms with Gasteiger partial charge in [-0.05, 0) is 42.5 Å². The van der Waals surface area contributed by atoms with Crippen molar-refractivity contribution in [3.8, 4) is 33.9 Å². The Labute approximate surface area is 246 Å². The summed E-state index contributed by atoms with van der Waals surface area (Å²) >= 11 is 0. The fourth-order valence-electron chi connectivity index (χ4n) is 4.73. The second-order valence-corrected chi connectivity index (χ2v) is 10.3. The zero-order valence-corrected chi connectivity index (χ0v) is 24.5. The number of carbonyl (C=O) groups is 1. The van der Waals surface area contributed by atoms with Gasteiger partial charge in [-0.25, -0.2) is 0 Å². The molecule has 0 fully saturated rings. The minimum Gasteiger partial charge on any atom is -0.488 e. The van der Waals surface area contributed by atoms with E-state index in [9.17, 15) is 4.79 Å². The van der Waals surface area contributed by atoms with E-state index in [-0.39, 0.29) is 17.5 Å². The van der Waals surface area contributed by atoms with Gasteiger partial charge >= 0.3 is 0 Å². The molecule has 0 saturated carbocycles. The predicted octanol–water partition coefficient (Wildman–Crippen LogP) is 7.26. The number of benzene rings is 3. The lowest BCUT2D eigenvalue weighted by molar-refractivity contribution is 0.0947. The van der Waals surface area contributed by atoms with Crippen LogP contribution in [0.5, 0.6) is 11.5 Å². The number of aryl methyl sites for hydroxylation is 1. The average Bonchev–Trinajstić information content (AvgIpc) is 3.67. The summed E-state index contributed by atoms with van der Waals surface area (Å²) in [7, 11) is 0. The smallest absolute Gasteiger partial charge is 0.274 e. The fourth-order valence-corrected chi connectivity index (χ4v) is 4.73. The molecule has 0 spiro atoms. The van der Waals surface area contributed by atoms with Crippen LogP contribution < -0.4 is 14.8 Å². The third-order valence-corrected chi connectivity index (χ3v) is 6.94. The van der Waals surface area contributed by atoms with Crippen molar-refractivity contribution in [1.82, 2.24) is 20.3 Å². The first-order valence-electron chi connectivity index (χ1n) is 14.3. The zero-order chi connectivity index (χ0) is 29.5. The number of ether oxygens (including phenoxy) is 2. The lowest BCUT2D eigenvalue weighted by atomic mass is 9.95. The molecular weight excluding hydrogens is 528 g/mol. The maximum Gasteiger partial charge on any atom is 0.274 e. The van der Waals surface area contributed by atoms with E-state index >= 15 is 0 Å². The lowest BCUT2D eigenvalue weighted by Gasteiger charge is -2.19. The predicted molar refractivity (Wildman–Crippen MR) is 162 cm³/mol. The van der Waals surface area contributed by atoms with Gasteiger partial charge < -0.3 is 19.3 Å². The topological polar surface area (TPSA) is 91.4 Å². The number of rotatable bonds is 12. The van der Waals surface area contributed by atoms with Crippen LogP contribution in [0.4, 0.5) is 0 Å². The molecule has 42 heavy (non-hydrogen) atoms. The van der Waals surface area contributed by atoms with Crippen molar-refractivity contribution in [1.29, 1.82) is 0 Å². The number of nitrogens with zero attached hydrogens (tertiary/aromatic N) is 3. The van der Waals surface area contributed by atoms with Crippen LogP contribution in [0.2, 0.25) is 0 Å². The highest BCUT2D eigenvalue weighted by Crippen LogP contribution is 2.44. The lowest BCUT2D eigenvalue weighted by Crippen LogP contribution is -2.23. The number of amides is 1. The van der Waals surface area contributed by atoms with Gasteiger partial charge in [0.15, 0.2) is 11.5 Å². The molecule has 0 aliphatic carbocycles. The number of hydrogen-bond donors (Lipinski definition) is 1. The summed E-state index contributed by atoms with van der Waals surface area (Å²) in [6.07, 6.45) is 3.62. The SMILES string of the molecule is CCNC(=O)c1noc(-c2cc(C(C)C)c(OCc3ccccc3)cc2OCc2ccccc2)c1-c1cnn(CC)c1. The Kier molecular flexibility index (Phi) is 9.02. The van der Waals surface area contributed by atoms with Crippen LogP contribution in [0.25, 0.3) is 22.5 Å². The van der Waals surface area contributed by atoms with E-state index in [1.165, 1.54) is 0 Å². The molecule has 0 aliphatic rings. The monoisotopic (exact) mass is 564 g/mol. The molecule has 8 heteroatoms. The third-order valence-electron chi connectivity index (χ3n) is 6.94. The van der Waals surface area contributed by atoms with Gasteiger partial charge in [0.05, 0.1) is 17.3 Å². The van der Waals surface area contributed by atoms with Crippen LogP contribution in [0.1, 0.15) is 60.8 Å². The van der Waals surface area contributed by atoms with Crippen molar-refractivity contribution < 1.29 is 18.8 Å². The van der Waals surface area contributed by atoms with Crippen LogP contribution in [0.3, 0.4) is 0 Å². The minimum atomic E-state index is -0.314. The summed E-state index contributed by atoms with van der Waals surface area (Å²) in [6.45, 7) is 10.0. The molecule has 1 amide bonds. The molecule has 0 atom stereocenters. The molecule has 5 rings (SSSR count). The molecule has 216 valence electrons. The Morgan fingerprint density at radius 3 is 2.14 bits per heavy atom. The van der Waals surface area contributed by atoms with Crippen LogP contribution in [0.15, 0.2) is 89.7 Å². The summed E-state index contributed by atoms with van der Waals surface area (Å²) in [6, 6.07) is 24.0. The van der Waals surface area contributed by atoms with Gasteiger partial charge in [0, 0.05) is 30.9 Å². The van der Waals surface area contributed by atoms with E-state index < -0.39 is 0 Å². The van der Waals surface area contributed by atoms with E-state index in [2.05, 4.69) is 29.4 Å². The van der Waals surface area contributed by atoms with E-state index in [4.69, 9.17) is 14.0 Å². The first-order valence-corrected chi connectivity index (χ1v) is 14.3. The maximum absolute atomic E-state index is 13.1. The van der Waals surface area contributed by atoms with Gasteiger partial charge in [-0.15, -0.1) is 0 Å². The van der Waals surface area contributed by atoms with Gasteiger partial charge in [-0.3, -0.25) is 9.48 Å². The molecule has 0 radical (unpaired) electrons. The van der Waals surface area contributed by atoms with E-state index in [1.54, 1.807) is 10.9 Å². The molecule has 2 aromatic heterocycles. The fraction of sp³-hybridized carbons (Fsp3) is 0.265. The van der Waals surface area contributed by atoms with Crippen LogP contribution in [-0.2, 0) is 19.8 Å². The zero-order valence-electron chi connectivity index (χ0n) is 24.5. The molecule has 0 unspecified atom stereocenters. The minimum absolute atomic E-state index is 0.134. The van der Waals surface area contributed by atoms with Crippen molar-refractivity contribution in [2.45, 2.75) is 53.4 Å². The quantitative estimate of drug-likeness (QED) is 0.172. The van der Waals surface area contributed by atoms with Crippen molar-refractivity contribution in [3.63, 3.8) is 0 Å². The Morgan fingerprint density at radius 1 is 0.929 bits per heavy atom. The van der Waals surface area contributed by atoms with Crippen LogP contribution in [0, 0.1) is 0 Å². The average molecular weight is 565 g/mol. The second-order valence-electron chi connectivity index (χ2n) is 10.3. The van der Waals surface area contributed by atoms with Crippen LogP contribution in [-0.4, -0.2) is 27.4 Å². The summed E-state index contributed by atoms with van der Waals surface area (Å²) in [5.74, 6) is 1.55. The van der Waals surface area contributed by atoms with Crippen molar-refractivity contribution in [3.05, 3.63) is 108 Å². The summed E-state index contributed by atoms with van der Waals surface area (Å²) in [5.41, 5.74) is 5.26. The van der Waals surface area contributed by atoms with Gasteiger partial charge in [0.25, 0.3) is 5.91 Å². The molecule has 3 aromatic carbocycles. The standard InChI is InChI=1S/C34H36N4O4/c1-5-35-34(39)32-31(26-19-36-38(6-2)20-26)33(42-37-32)28-17-27(23(3)4)29(40-21-24-13-9-7-10-14-24)18-30(28)41-22-25-15-11-8-12-16-25/h7-20,23H,5-6,21-22H2,1-4H3,(H,35,39). The molecule has 5 aromatic rings. The molecular formula is C34H36N4O4. The number of carbonyl (C=O) groups excluding carboxylic acids is 1. The van der Waals surface area contributed by atoms with E-state index in [0.717, 1.165) is 28.0 Å². The third kappa shape index (κ3) is 6.38. The van der Waals surface area contributed by atoms with Crippen molar-refractivity contribution in [2.75, 3.05) is 6.54 Å². The van der Waals surface area contributed by atoms with Crippen LogP contribution >= 0.6 is 0 Å². The number of nitrogens with one attached hydrogen (secondary N) is 1. The second kappa shape index (κ2) is 13.2. The largest absolute Gasteiger partial charge is 0.488 e. The van der Waals surface area contributed by atoms with E-state index in [1.807, 2.05) is 92.8 Å². The van der Waals surface area contributed by atoms with Crippen molar-refractivity contribution in [2.24, 2.45) is 0 Å². The first kappa shape index (κ1) is 28.7. The molecule has 0 aliphatic heterocycles. The van der Waals surface area contributed by atoms with Gasteiger partial charge in [-0.2, -0.15) is 5.10 Å². The van der Waals surface area contributed by atoms with E-state index in [0.29, 0.717) is 48.9 Å². The van der Waals surface area contributed by atoms with Gasteiger partial charge in [-0.1, -0.05) is 79.7 Å². The molecule has 2 heterocycles. The first-order chi connectivity index (χ1) is 20.5. The summed E-state index contributed by atoms with van der Waals surface area (Å²) in [4.78, 5) is 13.1. The number of hydrogen-bond acceptors (Lipinski definition) is 6. The Bertz CT molecular complexity index is 1620. The summed E-state index contributed by atoms with van der Waals surface area (Å²) in [5, 5.41) is 11.5. The van der Waals surface area contributed by atoms with Crippen molar-refractivity contribution >= 4 is 5.91 Å². The Balaban J connectivity index is 1.65. The number of aromatic nitrogens is 3. The highest BCUT2D eigenvalue weighted by atomic mass is 16.5. The summed E-state index contributed by atoms with van der Waals surface area (Å²) < 4.78 is 20.6. The molecule has 0 bridgehead atoms. The Hall–Kier alpha value is -4.85. The Morgan fingerprint density at radius 2 is 1.57 bits per heavy atom. The van der Waals surface area contributed by atoms with Gasteiger partial charge in [0.2, 0.25) is 0 Å². The highest BCUT2D eigenvalue weighted by molar-refractivity contribution is 6.02. The molecule has 0 saturated heterocycles. The highest BCUT2D eigenvalue weighted by Gasteiger charge is 2.28. The molecule has 8 nitrogen and oxygen atoms in total.